The van der Waals surface area contributed by atoms with Crippen LogP contribution in [0.5, 0.6) is 0 Å². The molecular weight excluding hydrogens is 348 g/mol. The van der Waals surface area contributed by atoms with Crippen LogP contribution in [0.25, 0.3) is 0 Å². The van der Waals surface area contributed by atoms with Crippen LogP contribution < -0.4 is 0 Å². The molecule has 2 aromatic rings. The van der Waals surface area contributed by atoms with Crippen molar-refractivity contribution in [3.63, 3.8) is 0 Å². The van der Waals surface area contributed by atoms with Gasteiger partial charge in [0.05, 0.1) is 17.9 Å². The lowest BCUT2D eigenvalue weighted by Gasteiger charge is -2.32. The van der Waals surface area contributed by atoms with Crippen molar-refractivity contribution in [2.45, 2.75) is 43.9 Å². The predicted molar refractivity (Wildman–Crippen MR) is 105 cm³/mol. The number of rotatable bonds is 3. The van der Waals surface area contributed by atoms with Crippen molar-refractivity contribution in [2.75, 3.05) is 12.4 Å². The fraction of sp³-hybridized carbons (Fsp3) is 0.381. The van der Waals surface area contributed by atoms with E-state index in [9.17, 15) is 4.79 Å². The molecule has 25 heavy (non-hydrogen) atoms. The Morgan fingerprint density at radius 1 is 1.24 bits per heavy atom. The van der Waals surface area contributed by atoms with Gasteiger partial charge in [0, 0.05) is 15.3 Å². The van der Waals surface area contributed by atoms with Gasteiger partial charge in [-0.2, -0.15) is 0 Å². The van der Waals surface area contributed by atoms with Crippen molar-refractivity contribution < 1.29 is 9.53 Å². The van der Waals surface area contributed by atoms with Crippen molar-refractivity contribution in [3.05, 3.63) is 51.2 Å². The van der Waals surface area contributed by atoms with Crippen molar-refractivity contribution in [3.8, 4) is 11.8 Å². The van der Waals surface area contributed by atoms with Gasteiger partial charge in [0.1, 0.15) is 0 Å². The van der Waals surface area contributed by atoms with Gasteiger partial charge < -0.3 is 4.74 Å². The minimum absolute atomic E-state index is 0.182. The molecule has 3 rings (SSSR count). The van der Waals surface area contributed by atoms with Gasteiger partial charge in [-0.05, 0) is 60.4 Å². The molecule has 1 aliphatic rings. The fourth-order valence-electron chi connectivity index (χ4n) is 2.84. The summed E-state index contributed by atoms with van der Waals surface area (Å²) < 4.78 is 4.99. The normalized spacial score (nSPS) is 15.0. The summed E-state index contributed by atoms with van der Waals surface area (Å²) in [6, 6.07) is 10.5. The number of ether oxygens (including phenoxy) is 1. The molecule has 0 saturated carbocycles. The van der Waals surface area contributed by atoms with Crippen LogP contribution in [-0.4, -0.2) is 18.3 Å². The average Bonchev–Trinajstić information content (AvgIpc) is 3.00. The van der Waals surface area contributed by atoms with Crippen LogP contribution >= 0.6 is 23.1 Å². The van der Waals surface area contributed by atoms with E-state index >= 15 is 0 Å². The third-order valence-electron chi connectivity index (χ3n) is 4.31. The molecule has 4 heteroatoms. The highest BCUT2D eigenvalue weighted by molar-refractivity contribution is 7.99. The molecule has 0 amide bonds. The maximum Gasteiger partial charge on any atom is 0.311 e. The fourth-order valence-corrected chi connectivity index (χ4v) is 5.18. The third-order valence-corrected chi connectivity index (χ3v) is 6.38. The van der Waals surface area contributed by atoms with Gasteiger partial charge in [0.15, 0.2) is 0 Å². The lowest BCUT2D eigenvalue weighted by molar-refractivity contribution is -0.142. The maximum atomic E-state index is 11.5. The molecule has 0 fully saturated rings. The summed E-state index contributed by atoms with van der Waals surface area (Å²) in [5, 5.41) is 0. The van der Waals surface area contributed by atoms with E-state index in [1.54, 1.807) is 11.3 Å². The summed E-state index contributed by atoms with van der Waals surface area (Å²) in [6.07, 6.45) is 1.52. The summed E-state index contributed by atoms with van der Waals surface area (Å²) in [6.45, 7) is 6.86. The molecule has 0 bridgehead atoms. The first-order valence-corrected chi connectivity index (χ1v) is 10.3. The van der Waals surface area contributed by atoms with E-state index in [1.165, 1.54) is 22.6 Å². The highest BCUT2D eigenvalue weighted by Crippen LogP contribution is 2.41. The Kier molecular flexibility index (Phi) is 5.56. The van der Waals surface area contributed by atoms with E-state index in [1.807, 2.05) is 30.8 Å². The molecule has 2 heterocycles. The van der Waals surface area contributed by atoms with Gasteiger partial charge in [-0.15, -0.1) is 23.1 Å². The largest absolute Gasteiger partial charge is 0.466 e. The summed E-state index contributed by atoms with van der Waals surface area (Å²) in [7, 11) is 0. The van der Waals surface area contributed by atoms with E-state index in [0.717, 1.165) is 15.3 Å². The summed E-state index contributed by atoms with van der Waals surface area (Å²) in [5.74, 6) is 7.51. The molecule has 0 saturated heterocycles. The van der Waals surface area contributed by atoms with Crippen LogP contribution in [0.4, 0.5) is 0 Å². The van der Waals surface area contributed by atoms with Crippen LogP contribution in [-0.2, 0) is 21.4 Å². The zero-order valence-electron chi connectivity index (χ0n) is 14.8. The Hall–Kier alpha value is -1.70. The van der Waals surface area contributed by atoms with Crippen LogP contribution in [0.3, 0.4) is 0 Å². The SMILES string of the molecule is CCOC(=O)Cc1ccc(C#Cc2ccc3c(c2)C(C)(C)CCS3)s1. The van der Waals surface area contributed by atoms with Crippen LogP contribution in [0.2, 0.25) is 0 Å². The molecule has 2 nitrogen and oxygen atoms in total. The monoisotopic (exact) mass is 370 g/mol. The Balaban J connectivity index is 1.76. The van der Waals surface area contributed by atoms with E-state index in [-0.39, 0.29) is 11.4 Å². The third kappa shape index (κ3) is 4.48. The molecule has 1 aromatic carbocycles. The lowest BCUT2D eigenvalue weighted by Crippen LogP contribution is -2.22. The number of thiophene rings is 1. The van der Waals surface area contributed by atoms with Crippen LogP contribution in [0.15, 0.2) is 35.2 Å². The number of carbonyl (C=O) groups excluding carboxylic acids is 1. The zero-order chi connectivity index (χ0) is 17.9. The second kappa shape index (κ2) is 7.68. The first kappa shape index (κ1) is 18.1. The lowest BCUT2D eigenvalue weighted by atomic mass is 9.81. The highest BCUT2D eigenvalue weighted by atomic mass is 32.2. The van der Waals surface area contributed by atoms with E-state index < -0.39 is 0 Å². The molecule has 0 unspecified atom stereocenters. The van der Waals surface area contributed by atoms with Crippen LogP contribution in [0, 0.1) is 11.8 Å². The molecule has 130 valence electrons. The van der Waals surface area contributed by atoms with Crippen molar-refractivity contribution in [1.29, 1.82) is 0 Å². The first-order valence-electron chi connectivity index (χ1n) is 8.51. The van der Waals surface area contributed by atoms with Gasteiger partial charge >= 0.3 is 5.97 Å². The highest BCUT2D eigenvalue weighted by Gasteiger charge is 2.27. The Labute approximate surface area is 158 Å². The molecule has 0 radical (unpaired) electrons. The standard InChI is InChI=1S/C21H22O2S2/c1-4-23-20(22)14-17-9-8-16(25-17)7-5-15-6-10-19-18(13-15)21(2,3)11-12-24-19/h6,8-10,13H,4,11-12,14H2,1-3H3. The Morgan fingerprint density at radius 3 is 2.88 bits per heavy atom. The quantitative estimate of drug-likeness (QED) is 0.560. The smallest absolute Gasteiger partial charge is 0.311 e. The minimum atomic E-state index is -0.182. The topological polar surface area (TPSA) is 26.3 Å². The van der Waals surface area contributed by atoms with Gasteiger partial charge in [-0.1, -0.05) is 25.7 Å². The number of carbonyl (C=O) groups is 1. The Bertz CT molecular complexity index is 837. The maximum absolute atomic E-state index is 11.5. The second-order valence-electron chi connectivity index (χ2n) is 6.69. The molecule has 1 aromatic heterocycles. The molecule has 0 aliphatic carbocycles. The van der Waals surface area contributed by atoms with Crippen molar-refractivity contribution in [1.82, 2.24) is 0 Å². The van der Waals surface area contributed by atoms with E-state index in [4.69, 9.17) is 4.74 Å². The summed E-state index contributed by atoms with van der Waals surface area (Å²) in [4.78, 5) is 14.9. The van der Waals surface area contributed by atoms with Crippen molar-refractivity contribution >= 4 is 29.1 Å². The number of fused-ring (bicyclic) bond motifs is 1. The number of benzene rings is 1. The number of hydrogen-bond acceptors (Lipinski definition) is 4. The summed E-state index contributed by atoms with van der Waals surface area (Å²) in [5.41, 5.74) is 2.67. The number of esters is 1. The number of thioether (sulfide) groups is 1. The second-order valence-corrected chi connectivity index (χ2v) is 9.00. The van der Waals surface area contributed by atoms with Crippen molar-refractivity contribution in [2.24, 2.45) is 0 Å². The van der Waals surface area contributed by atoms with Gasteiger partial charge in [0.25, 0.3) is 0 Å². The molecular formula is C21H22O2S2. The minimum Gasteiger partial charge on any atom is -0.466 e. The first-order chi connectivity index (χ1) is 12.0. The van der Waals surface area contributed by atoms with Gasteiger partial charge in [-0.25, -0.2) is 0 Å². The number of hydrogen-bond donors (Lipinski definition) is 0. The molecule has 1 aliphatic heterocycles. The van der Waals surface area contributed by atoms with Gasteiger partial charge in [0.2, 0.25) is 0 Å². The molecule has 0 spiro atoms. The molecule has 0 N–H and O–H groups in total. The predicted octanol–water partition coefficient (Wildman–Crippen LogP) is 5.03. The zero-order valence-corrected chi connectivity index (χ0v) is 16.5. The van der Waals surface area contributed by atoms with E-state index in [0.29, 0.717) is 13.0 Å². The van der Waals surface area contributed by atoms with E-state index in [2.05, 4.69) is 43.9 Å². The summed E-state index contributed by atoms with van der Waals surface area (Å²) >= 11 is 3.49. The Morgan fingerprint density at radius 2 is 2.08 bits per heavy atom. The molecule has 0 atom stereocenters. The van der Waals surface area contributed by atoms with Crippen LogP contribution in [0.1, 0.15) is 48.1 Å². The van der Waals surface area contributed by atoms with Gasteiger partial charge in [-0.3, -0.25) is 4.79 Å². The average molecular weight is 371 g/mol.